The van der Waals surface area contributed by atoms with Crippen LogP contribution in [-0.4, -0.2) is 33.6 Å². The van der Waals surface area contributed by atoms with Gasteiger partial charge in [-0.2, -0.15) is 0 Å². The minimum Gasteiger partial charge on any atom is -0.508 e. The molecule has 0 saturated heterocycles. The zero-order chi connectivity index (χ0) is 13.9. The number of nitrogens with two attached hydrogens (primary N) is 1. The maximum atomic E-state index is 11.1. The highest BCUT2D eigenvalue weighted by molar-refractivity contribution is 5.76. The number of phenols is 2. The number of nitrogens with zero attached hydrogens (tertiary/aromatic N) is 1. The Morgan fingerprint density at radius 1 is 1.22 bits per heavy atom. The van der Waals surface area contributed by atoms with E-state index in [-0.39, 0.29) is 30.1 Å². The predicted molar refractivity (Wildman–Crippen MR) is 69.2 cm³/mol. The van der Waals surface area contributed by atoms with Crippen molar-refractivity contribution in [3.63, 3.8) is 0 Å². The minimum absolute atomic E-state index is 0.000342. The highest BCUT2D eigenvalue weighted by Gasteiger charge is 2.21. The van der Waals surface area contributed by atoms with Crippen LogP contribution in [-0.2, 0) is 4.79 Å². The molecule has 5 nitrogen and oxygen atoms in total. The first-order chi connectivity index (χ1) is 8.31. The van der Waals surface area contributed by atoms with Crippen LogP contribution in [0.15, 0.2) is 18.2 Å². The zero-order valence-corrected chi connectivity index (χ0v) is 10.9. The fourth-order valence-electron chi connectivity index (χ4n) is 2.00. The molecule has 0 aliphatic heterocycles. The Labute approximate surface area is 107 Å². The molecule has 0 aliphatic carbocycles. The van der Waals surface area contributed by atoms with Crippen molar-refractivity contribution in [1.29, 1.82) is 0 Å². The highest BCUT2D eigenvalue weighted by Crippen LogP contribution is 2.28. The Bertz CT molecular complexity index is 412. The molecule has 0 aliphatic rings. The molecule has 5 heteroatoms. The van der Waals surface area contributed by atoms with E-state index < -0.39 is 5.91 Å². The van der Waals surface area contributed by atoms with E-state index in [4.69, 9.17) is 5.73 Å². The molecule has 100 valence electrons. The van der Waals surface area contributed by atoms with E-state index in [1.165, 1.54) is 6.07 Å². The van der Waals surface area contributed by atoms with Gasteiger partial charge in [0.2, 0.25) is 5.91 Å². The first-order valence-electron chi connectivity index (χ1n) is 5.88. The number of aromatic hydroxyl groups is 2. The minimum atomic E-state index is -0.403. The van der Waals surface area contributed by atoms with Gasteiger partial charge in [-0.05, 0) is 38.5 Å². The number of rotatable bonds is 5. The Hall–Kier alpha value is -1.75. The summed E-state index contributed by atoms with van der Waals surface area (Å²) >= 11 is 0. The van der Waals surface area contributed by atoms with E-state index in [1.54, 1.807) is 12.1 Å². The topological polar surface area (TPSA) is 86.8 Å². The van der Waals surface area contributed by atoms with Crippen molar-refractivity contribution in [2.24, 2.45) is 5.73 Å². The van der Waals surface area contributed by atoms with Crippen LogP contribution >= 0.6 is 0 Å². The smallest absolute Gasteiger partial charge is 0.231 e. The second kappa shape index (κ2) is 5.73. The summed E-state index contributed by atoms with van der Waals surface area (Å²) in [7, 11) is 0. The molecule has 0 radical (unpaired) electrons. The lowest BCUT2D eigenvalue weighted by atomic mass is 10.0. The van der Waals surface area contributed by atoms with Gasteiger partial charge >= 0.3 is 0 Å². The molecule has 0 aromatic heterocycles. The molecule has 0 saturated carbocycles. The third-order valence-corrected chi connectivity index (χ3v) is 2.91. The summed E-state index contributed by atoms with van der Waals surface area (Å²) in [5.41, 5.74) is 5.97. The molecule has 1 unspecified atom stereocenters. The molecule has 1 aromatic carbocycles. The van der Waals surface area contributed by atoms with Gasteiger partial charge < -0.3 is 15.9 Å². The maximum Gasteiger partial charge on any atom is 0.231 e. The summed E-state index contributed by atoms with van der Waals surface area (Å²) < 4.78 is 0. The first kappa shape index (κ1) is 14.3. The van der Waals surface area contributed by atoms with Gasteiger partial charge in [-0.3, -0.25) is 9.69 Å². The van der Waals surface area contributed by atoms with E-state index in [9.17, 15) is 15.0 Å². The molecule has 1 rings (SSSR count). The van der Waals surface area contributed by atoms with E-state index in [0.717, 1.165) is 5.56 Å². The Balaban J connectivity index is 3.01. The predicted octanol–water partition coefficient (Wildman–Crippen LogP) is 1.35. The van der Waals surface area contributed by atoms with E-state index in [0.29, 0.717) is 0 Å². The molecule has 4 N–H and O–H groups in total. The first-order valence-corrected chi connectivity index (χ1v) is 5.88. The zero-order valence-electron chi connectivity index (χ0n) is 10.9. The van der Waals surface area contributed by atoms with Crippen LogP contribution in [0.4, 0.5) is 0 Å². The fourth-order valence-corrected chi connectivity index (χ4v) is 2.00. The molecule has 1 aromatic rings. The second-order valence-corrected chi connectivity index (χ2v) is 4.69. The summed E-state index contributed by atoms with van der Waals surface area (Å²) in [6, 6.07) is 4.40. The lowest BCUT2D eigenvalue weighted by Crippen LogP contribution is -2.40. The number of hydrogen-bond donors (Lipinski definition) is 3. The van der Waals surface area contributed by atoms with Crippen LogP contribution in [0.3, 0.4) is 0 Å². The SMILES string of the molecule is CC(C)N(CC(N)=O)C(C)c1cc(O)cc(O)c1. The summed E-state index contributed by atoms with van der Waals surface area (Å²) in [6.45, 7) is 5.95. The third-order valence-electron chi connectivity index (χ3n) is 2.91. The van der Waals surface area contributed by atoms with Crippen molar-refractivity contribution in [3.05, 3.63) is 23.8 Å². The highest BCUT2D eigenvalue weighted by atomic mass is 16.3. The van der Waals surface area contributed by atoms with Gasteiger partial charge in [0.15, 0.2) is 0 Å². The lowest BCUT2D eigenvalue weighted by Gasteiger charge is -2.32. The average Bonchev–Trinajstić information content (AvgIpc) is 2.23. The molecule has 0 heterocycles. The van der Waals surface area contributed by atoms with Crippen LogP contribution in [0.2, 0.25) is 0 Å². The molecule has 0 spiro atoms. The van der Waals surface area contributed by atoms with Gasteiger partial charge in [-0.25, -0.2) is 0 Å². The molecule has 1 amide bonds. The Morgan fingerprint density at radius 2 is 1.72 bits per heavy atom. The van der Waals surface area contributed by atoms with Gasteiger partial charge in [0.05, 0.1) is 6.54 Å². The summed E-state index contributed by atoms with van der Waals surface area (Å²) in [4.78, 5) is 13.0. The second-order valence-electron chi connectivity index (χ2n) is 4.69. The van der Waals surface area contributed by atoms with Crippen LogP contribution in [0.1, 0.15) is 32.4 Å². The van der Waals surface area contributed by atoms with Gasteiger partial charge in [-0.1, -0.05) is 0 Å². The van der Waals surface area contributed by atoms with Crippen LogP contribution in [0.5, 0.6) is 11.5 Å². The quantitative estimate of drug-likeness (QED) is 0.738. The number of primary amides is 1. The van der Waals surface area contributed by atoms with Gasteiger partial charge in [0.1, 0.15) is 11.5 Å². The Morgan fingerprint density at radius 3 is 2.11 bits per heavy atom. The molecular formula is C13H20N2O3. The Kier molecular flexibility index (Phi) is 4.55. The van der Waals surface area contributed by atoms with Crippen molar-refractivity contribution in [3.8, 4) is 11.5 Å². The fraction of sp³-hybridized carbons (Fsp3) is 0.462. The van der Waals surface area contributed by atoms with Crippen molar-refractivity contribution in [2.75, 3.05) is 6.54 Å². The lowest BCUT2D eigenvalue weighted by molar-refractivity contribution is -0.120. The molecular weight excluding hydrogens is 232 g/mol. The number of carbonyl (C=O) groups excluding carboxylic acids is 1. The van der Waals surface area contributed by atoms with Crippen molar-refractivity contribution < 1.29 is 15.0 Å². The number of benzene rings is 1. The van der Waals surface area contributed by atoms with E-state index in [1.807, 2.05) is 25.7 Å². The average molecular weight is 252 g/mol. The number of phenolic OH excluding ortho intramolecular Hbond substituents is 2. The van der Waals surface area contributed by atoms with Gasteiger partial charge in [0.25, 0.3) is 0 Å². The number of hydrogen-bond acceptors (Lipinski definition) is 4. The van der Waals surface area contributed by atoms with Crippen LogP contribution in [0.25, 0.3) is 0 Å². The van der Waals surface area contributed by atoms with Crippen LogP contribution < -0.4 is 5.73 Å². The molecule has 1 atom stereocenters. The summed E-state index contributed by atoms with van der Waals surface area (Å²) in [6.07, 6.45) is 0. The summed E-state index contributed by atoms with van der Waals surface area (Å²) in [5.74, 6) is -0.404. The number of carbonyl (C=O) groups is 1. The molecule has 18 heavy (non-hydrogen) atoms. The monoisotopic (exact) mass is 252 g/mol. The number of amides is 1. The van der Waals surface area contributed by atoms with Crippen molar-refractivity contribution in [2.45, 2.75) is 32.9 Å². The van der Waals surface area contributed by atoms with E-state index in [2.05, 4.69) is 0 Å². The van der Waals surface area contributed by atoms with Crippen molar-refractivity contribution in [1.82, 2.24) is 4.90 Å². The normalized spacial score (nSPS) is 12.9. The largest absolute Gasteiger partial charge is 0.508 e. The van der Waals surface area contributed by atoms with Gasteiger partial charge in [-0.15, -0.1) is 0 Å². The van der Waals surface area contributed by atoms with Crippen LogP contribution in [0, 0.1) is 0 Å². The third kappa shape index (κ3) is 3.63. The molecule has 0 fully saturated rings. The molecule has 0 bridgehead atoms. The van der Waals surface area contributed by atoms with E-state index >= 15 is 0 Å². The van der Waals surface area contributed by atoms with Gasteiger partial charge in [0, 0.05) is 18.2 Å². The standard InChI is InChI=1S/C13H20N2O3/c1-8(2)15(7-13(14)18)9(3)10-4-11(16)6-12(17)5-10/h4-6,8-9,16-17H,7H2,1-3H3,(H2,14,18). The summed E-state index contributed by atoms with van der Waals surface area (Å²) in [5, 5.41) is 18.9. The maximum absolute atomic E-state index is 11.1. The van der Waals surface area contributed by atoms with Crippen molar-refractivity contribution >= 4 is 5.91 Å².